The van der Waals surface area contributed by atoms with Gasteiger partial charge in [-0.15, -0.1) is 0 Å². The third-order valence-corrected chi connectivity index (χ3v) is 13.4. The molecule has 0 aromatic carbocycles. The average molecular weight is 688 g/mol. The van der Waals surface area contributed by atoms with Crippen molar-refractivity contribution in [3.63, 3.8) is 0 Å². The number of nitrogens with two attached hydrogens (primary N) is 2. The van der Waals surface area contributed by atoms with Gasteiger partial charge in [0.2, 0.25) is 0 Å². The number of rotatable bonds is 7. The van der Waals surface area contributed by atoms with E-state index in [9.17, 15) is 30.6 Å². The Bertz CT molecular complexity index is 1440. The molecule has 0 saturated carbocycles. The molecule has 2 fully saturated rings. The molecular formula is C22H26N8O8Se2. The van der Waals surface area contributed by atoms with Gasteiger partial charge in [0.25, 0.3) is 0 Å². The predicted molar refractivity (Wildman–Crippen MR) is 141 cm³/mol. The molecule has 2 saturated heterocycles. The molecule has 0 bridgehead atoms. The number of ether oxygens (including phenoxy) is 2. The second-order valence-corrected chi connectivity index (χ2v) is 15.3. The quantitative estimate of drug-likeness (QED) is 0.0846. The van der Waals surface area contributed by atoms with Crippen molar-refractivity contribution >= 4 is 69.4 Å². The summed E-state index contributed by atoms with van der Waals surface area (Å²) in [6.07, 6.45) is -5.56. The van der Waals surface area contributed by atoms with Gasteiger partial charge in [-0.05, 0) is 0 Å². The van der Waals surface area contributed by atoms with E-state index in [0.29, 0.717) is 31.3 Å². The van der Waals surface area contributed by atoms with E-state index in [2.05, 4.69) is 19.9 Å². The third kappa shape index (κ3) is 4.55. The van der Waals surface area contributed by atoms with Gasteiger partial charge in [-0.3, -0.25) is 0 Å². The maximum atomic E-state index is 10.5. The van der Waals surface area contributed by atoms with E-state index in [1.165, 1.54) is 0 Å². The number of aliphatic hydroxyl groups excluding tert-OH is 6. The molecule has 214 valence electrons. The average Bonchev–Trinajstić information content (AvgIpc) is 3.68. The summed E-state index contributed by atoms with van der Waals surface area (Å²) in [6.45, 7) is -0.900. The number of hydrogen-bond donors (Lipinski definition) is 8. The molecule has 8 atom stereocenters. The number of nitrogen functional groups attached to an aromatic ring is 2. The molecule has 18 heteroatoms. The Kier molecular flexibility index (Phi) is 7.45. The Morgan fingerprint density at radius 1 is 0.675 bits per heavy atom. The molecule has 6 rings (SSSR count). The SMILES string of the molecule is Nc1nc([Se][Se]c2nc(N)nc3c2ccn3C2O[C@H](CO)[C@@H](O)[C@H]2O)c2ccn(C3O[C@H](CO)[C@@H](O)[C@H]3O)c2n1. The molecule has 10 N–H and O–H groups in total. The van der Waals surface area contributed by atoms with Gasteiger partial charge in [-0.25, -0.2) is 0 Å². The van der Waals surface area contributed by atoms with Crippen molar-refractivity contribution in [1.82, 2.24) is 29.1 Å². The van der Waals surface area contributed by atoms with Crippen molar-refractivity contribution in [3.05, 3.63) is 24.5 Å². The van der Waals surface area contributed by atoms with E-state index in [0.717, 1.165) is 0 Å². The van der Waals surface area contributed by atoms with Crippen LogP contribution in [0.5, 0.6) is 0 Å². The molecule has 40 heavy (non-hydrogen) atoms. The Morgan fingerprint density at radius 3 is 1.43 bits per heavy atom. The molecule has 2 unspecified atom stereocenters. The monoisotopic (exact) mass is 690 g/mol. The van der Waals surface area contributed by atoms with E-state index in [1.54, 1.807) is 33.7 Å². The Morgan fingerprint density at radius 2 is 1.07 bits per heavy atom. The van der Waals surface area contributed by atoms with Crippen molar-refractivity contribution in [3.8, 4) is 0 Å². The van der Waals surface area contributed by atoms with Crippen LogP contribution in [0, 0.1) is 0 Å². The van der Waals surface area contributed by atoms with Crippen molar-refractivity contribution in [2.24, 2.45) is 0 Å². The number of nitrogens with zero attached hydrogens (tertiary/aromatic N) is 6. The Balaban J connectivity index is 1.30. The van der Waals surface area contributed by atoms with Crippen LogP contribution in [0.25, 0.3) is 22.1 Å². The summed E-state index contributed by atoms with van der Waals surface area (Å²) in [5.41, 5.74) is 12.9. The van der Waals surface area contributed by atoms with Crippen LogP contribution < -0.4 is 20.7 Å². The molecule has 0 spiro atoms. The number of aromatic nitrogens is 6. The fourth-order valence-electron chi connectivity index (χ4n) is 4.88. The van der Waals surface area contributed by atoms with Gasteiger partial charge in [0, 0.05) is 0 Å². The van der Waals surface area contributed by atoms with Crippen molar-refractivity contribution in [2.45, 2.75) is 49.1 Å². The topological polar surface area (TPSA) is 253 Å². The zero-order valence-electron chi connectivity index (χ0n) is 20.5. The minimum absolute atomic E-state index is 0.0229. The maximum absolute atomic E-state index is 10.5. The molecule has 0 radical (unpaired) electrons. The van der Waals surface area contributed by atoms with Gasteiger partial charge >= 0.3 is 237 Å². The van der Waals surface area contributed by atoms with Crippen LogP contribution in [-0.2, 0) is 9.47 Å². The summed E-state index contributed by atoms with van der Waals surface area (Å²) >= 11 is -0.539. The molecule has 2 aliphatic heterocycles. The van der Waals surface area contributed by atoms with Crippen LogP contribution in [0.3, 0.4) is 0 Å². The van der Waals surface area contributed by atoms with Gasteiger partial charge in [0.05, 0.1) is 0 Å². The van der Waals surface area contributed by atoms with Crippen LogP contribution in [0.2, 0.25) is 0 Å². The summed E-state index contributed by atoms with van der Waals surface area (Å²) < 4.78 is 15.8. The van der Waals surface area contributed by atoms with Gasteiger partial charge in [0.1, 0.15) is 0 Å². The first kappa shape index (κ1) is 27.7. The van der Waals surface area contributed by atoms with Crippen LogP contribution in [-0.4, -0.2) is 136 Å². The normalized spacial score (nSPS) is 30.6. The van der Waals surface area contributed by atoms with E-state index in [-0.39, 0.29) is 38.2 Å². The van der Waals surface area contributed by atoms with Gasteiger partial charge < -0.3 is 0 Å². The third-order valence-electron chi connectivity index (χ3n) is 6.89. The van der Waals surface area contributed by atoms with Crippen molar-refractivity contribution in [2.75, 3.05) is 24.7 Å². The Labute approximate surface area is 236 Å². The van der Waals surface area contributed by atoms with E-state index >= 15 is 0 Å². The van der Waals surface area contributed by atoms with E-state index < -0.39 is 62.3 Å². The van der Waals surface area contributed by atoms with E-state index in [4.69, 9.17) is 20.9 Å². The molecule has 0 amide bonds. The second kappa shape index (κ2) is 10.8. The molecule has 4 aromatic heterocycles. The second-order valence-electron chi connectivity index (χ2n) is 9.32. The summed E-state index contributed by atoms with van der Waals surface area (Å²) in [4.78, 5) is 17.6. The fourth-order valence-corrected chi connectivity index (χ4v) is 11.3. The number of fused-ring (bicyclic) bond motifs is 2. The van der Waals surface area contributed by atoms with Crippen LogP contribution in [0.4, 0.5) is 11.9 Å². The number of hydrogen-bond acceptors (Lipinski definition) is 14. The van der Waals surface area contributed by atoms with Gasteiger partial charge in [-0.2, -0.15) is 0 Å². The Hall–Kier alpha value is -2.44. The van der Waals surface area contributed by atoms with Gasteiger partial charge in [-0.1, -0.05) is 0 Å². The van der Waals surface area contributed by atoms with Gasteiger partial charge in [0.15, 0.2) is 0 Å². The van der Waals surface area contributed by atoms with E-state index in [1.807, 2.05) is 0 Å². The molecule has 6 heterocycles. The first-order chi connectivity index (χ1) is 19.2. The van der Waals surface area contributed by atoms with Crippen molar-refractivity contribution in [1.29, 1.82) is 0 Å². The fraction of sp³-hybridized carbons (Fsp3) is 0.455. The van der Waals surface area contributed by atoms with Crippen LogP contribution in [0.15, 0.2) is 24.5 Å². The summed E-state index contributed by atoms with van der Waals surface area (Å²) in [7, 11) is 0. The summed E-state index contributed by atoms with van der Waals surface area (Å²) in [5, 5.41) is 61.6. The zero-order chi connectivity index (χ0) is 28.3. The molecule has 4 aromatic rings. The minimum atomic E-state index is -1.28. The number of aliphatic hydroxyl groups is 6. The molecular weight excluding hydrogens is 662 g/mol. The first-order valence-corrected chi connectivity index (χ1v) is 18.1. The molecule has 0 aliphatic carbocycles. The molecule has 2 aliphatic rings. The first-order valence-electron chi connectivity index (χ1n) is 12.1. The number of anilines is 2. The summed E-state index contributed by atoms with van der Waals surface area (Å²) in [5.74, 6) is 0.0458. The molecule has 16 nitrogen and oxygen atoms in total. The van der Waals surface area contributed by atoms with Crippen molar-refractivity contribution < 1.29 is 40.1 Å². The van der Waals surface area contributed by atoms with Crippen LogP contribution in [0.1, 0.15) is 12.5 Å². The zero-order valence-corrected chi connectivity index (χ0v) is 23.9. The standard InChI is InChI=1S/C22H26N8O8Se2/c23-21-25-15-7(1-3-29(15)19-13(35)11(33)9(5-31)37-19)17(27-21)39-40-18-8-2-4-30(16(8)26-22(24)28-18)20-14(36)12(34)10(6-32)38-20/h1-4,9-14,19-20,31-36H,5-6H2,(H2,23,25,27)(H2,24,26,28)/t9-,10-,11-,12-,13-,14-,19?,20?/m1/s1. The van der Waals surface area contributed by atoms with Crippen LogP contribution >= 0.6 is 0 Å². The summed E-state index contributed by atoms with van der Waals surface area (Å²) in [6, 6.07) is 3.55. The predicted octanol–water partition coefficient (Wildman–Crippen LogP) is -5.16.